The molecule has 1 heterocycles. The standard InChI is InChI=1S/C15H18N2O2S/c1-3-16-14(15-11(2)8-9-20-15)10-12-4-6-13(7-5-12)17(18)19/h4-9,14,16H,3,10H2,1-2H3. The molecule has 20 heavy (non-hydrogen) atoms. The van der Waals surface area contributed by atoms with E-state index in [0.717, 1.165) is 18.5 Å². The largest absolute Gasteiger partial charge is 0.309 e. The summed E-state index contributed by atoms with van der Waals surface area (Å²) in [5.74, 6) is 0. The minimum absolute atomic E-state index is 0.140. The molecule has 1 atom stereocenters. The fraction of sp³-hybridized carbons (Fsp3) is 0.333. The third-order valence-electron chi connectivity index (χ3n) is 3.26. The van der Waals surface area contributed by atoms with Crippen LogP contribution in [-0.4, -0.2) is 11.5 Å². The molecule has 0 saturated heterocycles. The molecule has 2 rings (SSSR count). The number of thiophene rings is 1. The van der Waals surface area contributed by atoms with Crippen molar-refractivity contribution in [2.24, 2.45) is 0 Å². The van der Waals surface area contributed by atoms with E-state index in [9.17, 15) is 10.1 Å². The van der Waals surface area contributed by atoms with Gasteiger partial charge in [-0.15, -0.1) is 11.3 Å². The van der Waals surface area contributed by atoms with Gasteiger partial charge in [0.1, 0.15) is 0 Å². The van der Waals surface area contributed by atoms with Gasteiger partial charge in [0.2, 0.25) is 0 Å². The maximum absolute atomic E-state index is 10.7. The van der Waals surface area contributed by atoms with Gasteiger partial charge in [0, 0.05) is 23.1 Å². The van der Waals surface area contributed by atoms with E-state index in [0.29, 0.717) is 0 Å². The van der Waals surface area contributed by atoms with Crippen molar-refractivity contribution in [3.8, 4) is 0 Å². The van der Waals surface area contributed by atoms with Crippen LogP contribution >= 0.6 is 11.3 Å². The number of nitro benzene ring substituents is 1. The summed E-state index contributed by atoms with van der Waals surface area (Å²) >= 11 is 1.75. The van der Waals surface area contributed by atoms with E-state index in [4.69, 9.17) is 0 Å². The molecule has 1 unspecified atom stereocenters. The molecule has 5 heteroatoms. The maximum atomic E-state index is 10.7. The Hall–Kier alpha value is -1.72. The monoisotopic (exact) mass is 290 g/mol. The highest BCUT2D eigenvalue weighted by atomic mass is 32.1. The maximum Gasteiger partial charge on any atom is 0.269 e. The van der Waals surface area contributed by atoms with Gasteiger partial charge < -0.3 is 5.32 Å². The van der Waals surface area contributed by atoms with E-state index in [1.807, 2.05) is 12.1 Å². The average molecular weight is 290 g/mol. The van der Waals surface area contributed by atoms with Crippen molar-refractivity contribution in [1.29, 1.82) is 0 Å². The van der Waals surface area contributed by atoms with Gasteiger partial charge in [-0.3, -0.25) is 10.1 Å². The van der Waals surface area contributed by atoms with Crippen molar-refractivity contribution in [3.05, 3.63) is 61.8 Å². The second-order valence-electron chi connectivity index (χ2n) is 4.71. The number of hydrogen-bond donors (Lipinski definition) is 1. The zero-order valence-corrected chi connectivity index (χ0v) is 12.4. The SMILES string of the molecule is CCNC(Cc1ccc([N+](=O)[O-])cc1)c1sccc1C. The molecule has 0 saturated carbocycles. The number of rotatable bonds is 6. The van der Waals surface area contributed by atoms with Gasteiger partial charge in [0.05, 0.1) is 4.92 Å². The van der Waals surface area contributed by atoms with Crippen LogP contribution in [0.2, 0.25) is 0 Å². The van der Waals surface area contributed by atoms with Crippen molar-refractivity contribution in [2.45, 2.75) is 26.3 Å². The van der Waals surface area contributed by atoms with Gasteiger partial charge in [-0.1, -0.05) is 19.1 Å². The number of likely N-dealkylation sites (N-methyl/N-ethyl adjacent to an activating group) is 1. The number of hydrogen-bond acceptors (Lipinski definition) is 4. The number of aryl methyl sites for hydroxylation is 1. The van der Waals surface area contributed by atoms with Crippen molar-refractivity contribution in [1.82, 2.24) is 5.32 Å². The highest BCUT2D eigenvalue weighted by Gasteiger charge is 2.15. The van der Waals surface area contributed by atoms with Crippen LogP contribution in [0.5, 0.6) is 0 Å². The van der Waals surface area contributed by atoms with Gasteiger partial charge >= 0.3 is 0 Å². The van der Waals surface area contributed by atoms with Crippen LogP contribution in [0.3, 0.4) is 0 Å². The Morgan fingerprint density at radius 1 is 1.30 bits per heavy atom. The smallest absolute Gasteiger partial charge is 0.269 e. The highest BCUT2D eigenvalue weighted by Crippen LogP contribution is 2.27. The molecule has 106 valence electrons. The first-order valence-electron chi connectivity index (χ1n) is 6.62. The predicted octanol–water partition coefficient (Wildman–Crippen LogP) is 3.86. The lowest BCUT2D eigenvalue weighted by Gasteiger charge is -2.17. The summed E-state index contributed by atoms with van der Waals surface area (Å²) in [5, 5.41) is 16.3. The van der Waals surface area contributed by atoms with Gasteiger partial charge in [-0.05, 0) is 42.5 Å². The fourth-order valence-corrected chi connectivity index (χ4v) is 3.24. The quantitative estimate of drug-likeness (QED) is 0.649. The lowest BCUT2D eigenvalue weighted by atomic mass is 10.0. The molecule has 0 spiro atoms. The normalized spacial score (nSPS) is 12.3. The van der Waals surface area contributed by atoms with Crippen LogP contribution in [0, 0.1) is 17.0 Å². The highest BCUT2D eigenvalue weighted by molar-refractivity contribution is 7.10. The van der Waals surface area contributed by atoms with Gasteiger partial charge in [0.15, 0.2) is 0 Å². The fourth-order valence-electron chi connectivity index (χ4n) is 2.23. The second kappa shape index (κ2) is 6.63. The van der Waals surface area contributed by atoms with Crippen molar-refractivity contribution < 1.29 is 4.92 Å². The van der Waals surface area contributed by atoms with E-state index >= 15 is 0 Å². The lowest BCUT2D eigenvalue weighted by molar-refractivity contribution is -0.384. The Morgan fingerprint density at radius 3 is 2.50 bits per heavy atom. The Kier molecular flexibility index (Phi) is 4.87. The number of nitrogens with zero attached hydrogens (tertiary/aromatic N) is 1. The Bertz CT molecular complexity index is 578. The van der Waals surface area contributed by atoms with Gasteiger partial charge in [0.25, 0.3) is 5.69 Å². The van der Waals surface area contributed by atoms with E-state index in [1.54, 1.807) is 23.5 Å². The molecule has 0 aliphatic carbocycles. The average Bonchev–Trinajstić information content (AvgIpc) is 2.85. The Labute approximate surface area is 122 Å². The van der Waals surface area contributed by atoms with Crippen molar-refractivity contribution in [3.63, 3.8) is 0 Å². The number of nitro groups is 1. The molecule has 2 aromatic rings. The van der Waals surface area contributed by atoms with E-state index in [1.165, 1.54) is 10.4 Å². The third-order valence-corrected chi connectivity index (χ3v) is 4.39. The second-order valence-corrected chi connectivity index (χ2v) is 5.65. The summed E-state index contributed by atoms with van der Waals surface area (Å²) in [6.07, 6.45) is 0.840. The number of nitrogens with one attached hydrogen (secondary N) is 1. The molecule has 1 aromatic carbocycles. The van der Waals surface area contributed by atoms with Crippen LogP contribution in [0.1, 0.15) is 29.0 Å². The van der Waals surface area contributed by atoms with Crippen molar-refractivity contribution >= 4 is 17.0 Å². The molecular weight excluding hydrogens is 272 g/mol. The minimum Gasteiger partial charge on any atom is -0.309 e. The molecule has 0 aliphatic rings. The molecule has 0 fully saturated rings. The molecule has 0 aliphatic heterocycles. The topological polar surface area (TPSA) is 55.2 Å². The first-order valence-corrected chi connectivity index (χ1v) is 7.50. The van der Waals surface area contributed by atoms with Gasteiger partial charge in [-0.2, -0.15) is 0 Å². The van der Waals surface area contributed by atoms with Crippen LogP contribution in [0.25, 0.3) is 0 Å². The lowest BCUT2D eigenvalue weighted by Crippen LogP contribution is -2.22. The predicted molar refractivity (Wildman–Crippen MR) is 82.3 cm³/mol. The molecule has 4 nitrogen and oxygen atoms in total. The number of benzene rings is 1. The number of non-ortho nitro benzene ring substituents is 1. The van der Waals surface area contributed by atoms with Crippen LogP contribution in [0.4, 0.5) is 5.69 Å². The molecule has 0 radical (unpaired) electrons. The summed E-state index contributed by atoms with van der Waals surface area (Å²) < 4.78 is 0. The summed E-state index contributed by atoms with van der Waals surface area (Å²) in [6.45, 7) is 5.10. The zero-order chi connectivity index (χ0) is 14.5. The summed E-state index contributed by atoms with van der Waals surface area (Å²) in [7, 11) is 0. The molecule has 1 aromatic heterocycles. The Morgan fingerprint density at radius 2 is 2.00 bits per heavy atom. The zero-order valence-electron chi connectivity index (χ0n) is 11.6. The molecule has 0 amide bonds. The molecule has 0 bridgehead atoms. The summed E-state index contributed by atoms with van der Waals surface area (Å²) in [6, 6.07) is 9.21. The minimum atomic E-state index is -0.366. The summed E-state index contributed by atoms with van der Waals surface area (Å²) in [4.78, 5) is 11.6. The first kappa shape index (κ1) is 14.7. The first-order chi connectivity index (χ1) is 9.61. The van der Waals surface area contributed by atoms with Crippen LogP contribution in [0.15, 0.2) is 35.7 Å². The molecule has 1 N–H and O–H groups in total. The summed E-state index contributed by atoms with van der Waals surface area (Å²) in [5.41, 5.74) is 2.54. The van der Waals surface area contributed by atoms with E-state index in [-0.39, 0.29) is 16.7 Å². The van der Waals surface area contributed by atoms with E-state index in [2.05, 4.69) is 30.6 Å². The van der Waals surface area contributed by atoms with Crippen LogP contribution < -0.4 is 5.32 Å². The van der Waals surface area contributed by atoms with E-state index < -0.39 is 0 Å². The molecular formula is C15H18N2O2S. The third kappa shape index (κ3) is 3.43. The van der Waals surface area contributed by atoms with Crippen molar-refractivity contribution in [2.75, 3.05) is 6.54 Å². The van der Waals surface area contributed by atoms with Gasteiger partial charge in [-0.25, -0.2) is 0 Å². The Balaban J connectivity index is 2.16. The van der Waals surface area contributed by atoms with Crippen LogP contribution in [-0.2, 0) is 6.42 Å².